The van der Waals surface area contributed by atoms with Gasteiger partial charge in [-0.25, -0.2) is 8.42 Å². The Morgan fingerprint density at radius 1 is 0.946 bits per heavy atom. The van der Waals surface area contributed by atoms with Crippen molar-refractivity contribution in [3.05, 3.63) is 115 Å². The molecular formula is C47H64O6SSi2. The number of ether oxygens (including phenoxy) is 2. The third-order valence-corrected chi connectivity index (χ3v) is 20.0. The van der Waals surface area contributed by atoms with Crippen molar-refractivity contribution in [2.45, 2.75) is 103 Å². The first kappa shape index (κ1) is 45.3. The molecule has 6 nitrogen and oxygen atoms in total. The van der Waals surface area contributed by atoms with E-state index in [-0.39, 0.29) is 34.2 Å². The highest BCUT2D eigenvalue weighted by Gasteiger charge is 2.51. The van der Waals surface area contributed by atoms with Crippen LogP contribution in [-0.4, -0.2) is 62.5 Å². The monoisotopic (exact) mass is 812 g/mol. The first-order valence-electron chi connectivity index (χ1n) is 19.9. The molecular weight excluding hydrogens is 749 g/mol. The number of ketones is 1. The van der Waals surface area contributed by atoms with Crippen LogP contribution in [-0.2, 0) is 28.5 Å². The van der Waals surface area contributed by atoms with Crippen LogP contribution in [0.15, 0.2) is 120 Å². The molecule has 0 aliphatic heterocycles. The minimum atomic E-state index is -3.66. The zero-order chi connectivity index (χ0) is 41.2. The van der Waals surface area contributed by atoms with Gasteiger partial charge in [-0.05, 0) is 65.2 Å². The number of allylic oxidation sites excluding steroid dienone is 1. The van der Waals surface area contributed by atoms with E-state index in [0.29, 0.717) is 38.0 Å². The molecule has 3 aromatic carbocycles. The van der Waals surface area contributed by atoms with Crippen LogP contribution < -0.4 is 10.4 Å². The Labute approximate surface area is 340 Å². The molecule has 1 saturated carbocycles. The molecule has 0 heterocycles. The molecule has 1 fully saturated rings. The molecule has 302 valence electrons. The largest absolute Gasteiger partial charge is 0.403 e. The molecule has 4 atom stereocenters. The van der Waals surface area contributed by atoms with E-state index < -0.39 is 43.7 Å². The number of benzene rings is 3. The van der Waals surface area contributed by atoms with E-state index >= 15 is 0 Å². The number of hydrogen-bond donors (Lipinski definition) is 0. The molecule has 0 spiro atoms. The van der Waals surface area contributed by atoms with Crippen LogP contribution in [0.4, 0.5) is 0 Å². The number of hydrogen-bond acceptors (Lipinski definition) is 6. The van der Waals surface area contributed by atoms with Gasteiger partial charge in [-0.3, -0.25) is 4.79 Å². The van der Waals surface area contributed by atoms with Gasteiger partial charge in [-0.2, -0.15) is 0 Å². The van der Waals surface area contributed by atoms with Crippen LogP contribution in [0.25, 0.3) is 0 Å². The summed E-state index contributed by atoms with van der Waals surface area (Å²) < 4.78 is 46.5. The van der Waals surface area contributed by atoms with Gasteiger partial charge in [0.25, 0.3) is 8.32 Å². The van der Waals surface area contributed by atoms with Crippen molar-refractivity contribution < 1.29 is 27.1 Å². The van der Waals surface area contributed by atoms with Crippen LogP contribution in [0.5, 0.6) is 0 Å². The molecule has 0 N–H and O–H groups in total. The van der Waals surface area contributed by atoms with Gasteiger partial charge < -0.3 is 13.9 Å². The third kappa shape index (κ3) is 11.4. The van der Waals surface area contributed by atoms with Gasteiger partial charge >= 0.3 is 0 Å². The molecule has 4 rings (SSSR count). The third-order valence-electron chi connectivity index (χ3n) is 11.3. The number of unbranched alkanes of at least 4 members (excludes halogenated alkanes) is 1. The van der Waals surface area contributed by atoms with E-state index in [4.69, 9.17) is 13.9 Å². The summed E-state index contributed by atoms with van der Waals surface area (Å²) in [5, 5.41) is 2.36. The standard InChI is InChI=1S/C47H64O6SSi2/c1-37(34-53-56(46(4,5)6,41-26-18-13-19-27-41)42-28-20-14-21-29-42)23-15-11-22-30-43(48)45-39(3)47(7,35-54(49,50)40-24-16-12-17-25-40)38(2)33-44(45)52-36-51-31-32-55(8,9)10/h12-14,16-21,23-29,38,44-45H,3,11,15,31-36H2,1-2,4-10H3/b37-23+/t38-,44+,45-,47+/m1/s1. The molecule has 0 bridgehead atoms. The number of carbonyl (C=O) groups excluding carboxylic acids is 1. The predicted molar refractivity (Wildman–Crippen MR) is 236 cm³/mol. The molecule has 3 aromatic rings. The topological polar surface area (TPSA) is 78.9 Å². The Bertz CT molecular complexity index is 1920. The van der Waals surface area contributed by atoms with Gasteiger partial charge in [0.2, 0.25) is 5.78 Å². The van der Waals surface area contributed by atoms with Crippen LogP contribution in [0, 0.1) is 29.1 Å². The number of sulfone groups is 1. The van der Waals surface area contributed by atoms with Crippen molar-refractivity contribution in [2.75, 3.05) is 25.8 Å². The van der Waals surface area contributed by atoms with Crippen molar-refractivity contribution in [3.63, 3.8) is 0 Å². The lowest BCUT2D eigenvalue weighted by Crippen LogP contribution is -2.66. The second-order valence-electron chi connectivity index (χ2n) is 17.9. The van der Waals surface area contributed by atoms with Crippen molar-refractivity contribution in [1.82, 2.24) is 0 Å². The van der Waals surface area contributed by atoms with E-state index in [2.05, 4.69) is 120 Å². The van der Waals surface area contributed by atoms with Gasteiger partial charge in [0.05, 0.1) is 29.3 Å². The molecule has 0 aromatic heterocycles. The minimum absolute atomic E-state index is 0.0609. The SMILES string of the molecule is C=C1[C@H](C(=O)C#CCC/C=C(\C)CO[Si](c2ccccc2)(c2ccccc2)C(C)(C)C)[C@@H](OCOCC[Si](C)(C)C)C[C@@H](C)[C@]1(C)CS(=O)(=O)c1ccccc1. The Morgan fingerprint density at radius 2 is 1.50 bits per heavy atom. The normalized spacial score (nSPS) is 21.0. The molecule has 0 amide bonds. The fourth-order valence-corrected chi connectivity index (χ4v) is 15.1. The summed E-state index contributed by atoms with van der Waals surface area (Å²) in [6.07, 6.45) is 3.27. The summed E-state index contributed by atoms with van der Waals surface area (Å²) in [6.45, 7) is 25.3. The highest BCUT2D eigenvalue weighted by atomic mass is 32.2. The van der Waals surface area contributed by atoms with Gasteiger partial charge in [0.15, 0.2) is 9.84 Å². The van der Waals surface area contributed by atoms with Gasteiger partial charge in [0, 0.05) is 26.5 Å². The van der Waals surface area contributed by atoms with Crippen LogP contribution in [0.2, 0.25) is 30.7 Å². The highest BCUT2D eigenvalue weighted by molar-refractivity contribution is 7.91. The molecule has 9 heteroatoms. The average Bonchev–Trinajstić information content (AvgIpc) is 3.14. The van der Waals surface area contributed by atoms with Crippen molar-refractivity contribution >= 4 is 42.4 Å². The Kier molecular flexibility index (Phi) is 15.7. The lowest BCUT2D eigenvalue weighted by molar-refractivity contribution is -0.138. The summed E-state index contributed by atoms with van der Waals surface area (Å²) in [4.78, 5) is 14.3. The zero-order valence-electron chi connectivity index (χ0n) is 35.2. The second-order valence-corrected chi connectivity index (χ2v) is 29.8. The van der Waals surface area contributed by atoms with Crippen LogP contribution in [0.1, 0.15) is 60.8 Å². The van der Waals surface area contributed by atoms with Gasteiger partial charge in [-0.1, -0.05) is 163 Å². The van der Waals surface area contributed by atoms with Crippen molar-refractivity contribution in [3.8, 4) is 11.8 Å². The Balaban J connectivity index is 1.49. The van der Waals surface area contributed by atoms with E-state index in [1.807, 2.05) is 26.0 Å². The number of Topliss-reactive ketones (excluding diaryl/α,β-unsaturated/α-hetero) is 1. The maximum atomic E-state index is 14.0. The predicted octanol–water partition coefficient (Wildman–Crippen LogP) is 9.25. The highest BCUT2D eigenvalue weighted by Crippen LogP contribution is 2.49. The number of rotatable bonds is 17. The molecule has 0 radical (unpaired) electrons. The maximum absolute atomic E-state index is 14.0. The van der Waals surface area contributed by atoms with Crippen LogP contribution in [0.3, 0.4) is 0 Å². The molecule has 0 unspecified atom stereocenters. The van der Waals surface area contributed by atoms with Gasteiger partial charge in [0.1, 0.15) is 6.79 Å². The molecule has 0 saturated heterocycles. The van der Waals surface area contributed by atoms with Crippen molar-refractivity contribution in [2.24, 2.45) is 17.3 Å². The molecule has 56 heavy (non-hydrogen) atoms. The smallest absolute Gasteiger partial charge is 0.261 e. The minimum Gasteiger partial charge on any atom is -0.403 e. The number of carbonyl (C=O) groups is 1. The summed E-state index contributed by atoms with van der Waals surface area (Å²) in [5.41, 5.74) is 0.803. The van der Waals surface area contributed by atoms with E-state index in [0.717, 1.165) is 11.6 Å². The Morgan fingerprint density at radius 3 is 2.04 bits per heavy atom. The summed E-state index contributed by atoms with van der Waals surface area (Å²) in [5.74, 6) is 4.69. The van der Waals surface area contributed by atoms with Crippen molar-refractivity contribution in [1.29, 1.82) is 0 Å². The first-order chi connectivity index (χ1) is 26.3. The maximum Gasteiger partial charge on any atom is 0.261 e. The summed E-state index contributed by atoms with van der Waals surface area (Å²) in [6, 6.07) is 30.7. The lowest BCUT2D eigenvalue weighted by atomic mass is 9.60. The van der Waals surface area contributed by atoms with Gasteiger partial charge in [-0.15, -0.1) is 0 Å². The fourth-order valence-electron chi connectivity index (χ4n) is 7.71. The zero-order valence-corrected chi connectivity index (χ0v) is 38.0. The van der Waals surface area contributed by atoms with E-state index in [1.54, 1.807) is 30.3 Å². The quantitative estimate of drug-likeness (QED) is 0.0338. The molecule has 1 aliphatic rings. The van der Waals surface area contributed by atoms with E-state index in [9.17, 15) is 13.2 Å². The van der Waals surface area contributed by atoms with E-state index in [1.165, 1.54) is 10.4 Å². The summed E-state index contributed by atoms with van der Waals surface area (Å²) in [7, 11) is -7.61. The summed E-state index contributed by atoms with van der Waals surface area (Å²) >= 11 is 0. The fraction of sp³-hybridized carbons (Fsp3) is 0.468. The second kappa shape index (κ2) is 19.4. The lowest BCUT2D eigenvalue weighted by Gasteiger charge is -2.47. The van der Waals surface area contributed by atoms with Crippen LogP contribution >= 0.6 is 0 Å². The Hall–Kier alpha value is -3.37. The molecule has 1 aliphatic carbocycles. The first-order valence-corrected chi connectivity index (χ1v) is 27.2. The average molecular weight is 813 g/mol.